The molecule has 0 aliphatic heterocycles. The van der Waals surface area contributed by atoms with Crippen LogP contribution < -0.4 is 5.32 Å². The standard InChI is InChI=1S/C11H19N3/c1-2-11(4-3-5-11)9-12-8-10-13-6-7-14-10/h6-7,12H,2-5,8-9H2,1H3,(H,13,14). The molecular formula is C11H19N3. The van der Waals surface area contributed by atoms with Gasteiger partial charge in [0.2, 0.25) is 0 Å². The summed E-state index contributed by atoms with van der Waals surface area (Å²) in [6.45, 7) is 4.31. The summed E-state index contributed by atoms with van der Waals surface area (Å²) in [7, 11) is 0. The number of nitrogens with one attached hydrogen (secondary N) is 2. The average Bonchev–Trinajstić information content (AvgIpc) is 2.62. The molecule has 78 valence electrons. The molecule has 1 aromatic rings. The van der Waals surface area contributed by atoms with Crippen molar-refractivity contribution in [2.24, 2.45) is 5.41 Å². The smallest absolute Gasteiger partial charge is 0.120 e. The highest BCUT2D eigenvalue weighted by Gasteiger charge is 2.34. The molecule has 1 aliphatic rings. The lowest BCUT2D eigenvalue weighted by atomic mass is 9.67. The first-order chi connectivity index (χ1) is 6.85. The molecule has 3 nitrogen and oxygen atoms in total. The highest BCUT2D eigenvalue weighted by atomic mass is 15.0. The second-order valence-corrected chi connectivity index (χ2v) is 4.35. The van der Waals surface area contributed by atoms with Crippen LogP contribution in [0.1, 0.15) is 38.4 Å². The van der Waals surface area contributed by atoms with Gasteiger partial charge in [-0.3, -0.25) is 0 Å². The number of aromatic nitrogens is 2. The molecule has 2 rings (SSSR count). The van der Waals surface area contributed by atoms with E-state index in [4.69, 9.17) is 0 Å². The van der Waals surface area contributed by atoms with Gasteiger partial charge in [-0.15, -0.1) is 0 Å². The zero-order valence-electron chi connectivity index (χ0n) is 8.84. The lowest BCUT2D eigenvalue weighted by Gasteiger charge is -2.41. The fourth-order valence-corrected chi connectivity index (χ4v) is 2.17. The summed E-state index contributed by atoms with van der Waals surface area (Å²) >= 11 is 0. The molecule has 1 aliphatic carbocycles. The molecule has 0 atom stereocenters. The minimum absolute atomic E-state index is 0.604. The van der Waals surface area contributed by atoms with Gasteiger partial charge in [-0.2, -0.15) is 0 Å². The van der Waals surface area contributed by atoms with Crippen molar-refractivity contribution in [3.63, 3.8) is 0 Å². The molecule has 0 bridgehead atoms. The number of nitrogens with zero attached hydrogens (tertiary/aromatic N) is 1. The van der Waals surface area contributed by atoms with E-state index in [0.29, 0.717) is 5.41 Å². The molecule has 1 saturated carbocycles. The van der Waals surface area contributed by atoms with Crippen LogP contribution in [-0.4, -0.2) is 16.5 Å². The third-order valence-corrected chi connectivity index (χ3v) is 3.51. The van der Waals surface area contributed by atoms with Crippen LogP contribution in [0.2, 0.25) is 0 Å². The predicted molar refractivity (Wildman–Crippen MR) is 56.9 cm³/mol. The van der Waals surface area contributed by atoms with Crippen molar-refractivity contribution in [1.82, 2.24) is 15.3 Å². The molecule has 0 unspecified atom stereocenters. The third kappa shape index (κ3) is 1.98. The lowest BCUT2D eigenvalue weighted by molar-refractivity contribution is 0.123. The fraction of sp³-hybridized carbons (Fsp3) is 0.727. The molecule has 2 N–H and O–H groups in total. The molecule has 0 spiro atoms. The van der Waals surface area contributed by atoms with Crippen LogP contribution >= 0.6 is 0 Å². The summed E-state index contributed by atoms with van der Waals surface area (Å²) in [6, 6.07) is 0. The van der Waals surface area contributed by atoms with E-state index >= 15 is 0 Å². The van der Waals surface area contributed by atoms with Gasteiger partial charge in [0.05, 0.1) is 6.54 Å². The Bertz CT molecular complexity index is 257. The Labute approximate surface area is 85.3 Å². The van der Waals surface area contributed by atoms with E-state index in [1.54, 1.807) is 6.20 Å². The monoisotopic (exact) mass is 193 g/mol. The van der Waals surface area contributed by atoms with E-state index in [9.17, 15) is 0 Å². The van der Waals surface area contributed by atoms with Gasteiger partial charge in [0.15, 0.2) is 0 Å². The summed E-state index contributed by atoms with van der Waals surface area (Å²) in [6.07, 6.45) is 9.18. The van der Waals surface area contributed by atoms with Crippen molar-refractivity contribution in [2.75, 3.05) is 6.54 Å². The number of imidazole rings is 1. The van der Waals surface area contributed by atoms with Crippen molar-refractivity contribution in [3.05, 3.63) is 18.2 Å². The van der Waals surface area contributed by atoms with Crippen molar-refractivity contribution < 1.29 is 0 Å². The number of rotatable bonds is 5. The van der Waals surface area contributed by atoms with E-state index < -0.39 is 0 Å². The van der Waals surface area contributed by atoms with Gasteiger partial charge in [0, 0.05) is 18.9 Å². The minimum Gasteiger partial charge on any atom is -0.348 e. The predicted octanol–water partition coefficient (Wildman–Crippen LogP) is 2.08. The molecule has 1 aromatic heterocycles. The number of aromatic amines is 1. The molecule has 0 aromatic carbocycles. The Morgan fingerprint density at radius 1 is 1.57 bits per heavy atom. The summed E-state index contributed by atoms with van der Waals surface area (Å²) in [5.41, 5.74) is 0.604. The van der Waals surface area contributed by atoms with Crippen LogP contribution in [0.25, 0.3) is 0 Å². The maximum atomic E-state index is 4.19. The molecular weight excluding hydrogens is 174 g/mol. The summed E-state index contributed by atoms with van der Waals surface area (Å²) in [5, 5.41) is 3.49. The maximum absolute atomic E-state index is 4.19. The first-order valence-electron chi connectivity index (χ1n) is 5.54. The van der Waals surface area contributed by atoms with Crippen LogP contribution in [-0.2, 0) is 6.54 Å². The lowest BCUT2D eigenvalue weighted by Crippen LogP contribution is -2.39. The SMILES string of the molecule is CCC1(CNCc2ncc[nH]2)CCC1. The van der Waals surface area contributed by atoms with E-state index in [1.807, 2.05) is 6.20 Å². The summed E-state index contributed by atoms with van der Waals surface area (Å²) in [5.74, 6) is 1.04. The first-order valence-corrected chi connectivity index (χ1v) is 5.54. The van der Waals surface area contributed by atoms with Crippen molar-refractivity contribution in [3.8, 4) is 0 Å². The Morgan fingerprint density at radius 2 is 2.43 bits per heavy atom. The average molecular weight is 193 g/mol. The number of hydrogen-bond donors (Lipinski definition) is 2. The Hall–Kier alpha value is -0.830. The molecule has 14 heavy (non-hydrogen) atoms. The first kappa shape index (κ1) is 9.71. The third-order valence-electron chi connectivity index (χ3n) is 3.51. The molecule has 1 heterocycles. The van der Waals surface area contributed by atoms with Gasteiger partial charge in [0.25, 0.3) is 0 Å². The second kappa shape index (κ2) is 4.13. The van der Waals surface area contributed by atoms with Gasteiger partial charge < -0.3 is 10.3 Å². The summed E-state index contributed by atoms with van der Waals surface area (Å²) in [4.78, 5) is 7.29. The van der Waals surface area contributed by atoms with E-state index in [-0.39, 0.29) is 0 Å². The van der Waals surface area contributed by atoms with Crippen molar-refractivity contribution in [2.45, 2.75) is 39.2 Å². The molecule has 0 amide bonds. The largest absolute Gasteiger partial charge is 0.348 e. The Morgan fingerprint density at radius 3 is 2.93 bits per heavy atom. The van der Waals surface area contributed by atoms with Crippen LogP contribution in [0.5, 0.6) is 0 Å². The molecule has 0 saturated heterocycles. The second-order valence-electron chi connectivity index (χ2n) is 4.35. The molecule has 0 radical (unpaired) electrons. The van der Waals surface area contributed by atoms with Gasteiger partial charge in [-0.25, -0.2) is 4.98 Å². The summed E-state index contributed by atoms with van der Waals surface area (Å²) < 4.78 is 0. The zero-order valence-corrected chi connectivity index (χ0v) is 8.84. The quantitative estimate of drug-likeness (QED) is 0.751. The van der Waals surface area contributed by atoms with Gasteiger partial charge >= 0.3 is 0 Å². The van der Waals surface area contributed by atoms with Gasteiger partial charge in [-0.05, 0) is 24.7 Å². The fourth-order valence-electron chi connectivity index (χ4n) is 2.17. The van der Waals surface area contributed by atoms with Crippen LogP contribution in [0.4, 0.5) is 0 Å². The molecule has 1 fully saturated rings. The number of H-pyrrole nitrogens is 1. The topological polar surface area (TPSA) is 40.7 Å². The zero-order chi connectivity index (χ0) is 9.86. The van der Waals surface area contributed by atoms with E-state index in [2.05, 4.69) is 22.2 Å². The Kier molecular flexibility index (Phi) is 2.87. The van der Waals surface area contributed by atoms with Crippen LogP contribution in [0.3, 0.4) is 0 Å². The highest BCUT2D eigenvalue weighted by Crippen LogP contribution is 2.42. The molecule has 3 heteroatoms. The van der Waals surface area contributed by atoms with Crippen molar-refractivity contribution in [1.29, 1.82) is 0 Å². The highest BCUT2D eigenvalue weighted by molar-refractivity contribution is 4.90. The van der Waals surface area contributed by atoms with Crippen LogP contribution in [0.15, 0.2) is 12.4 Å². The van der Waals surface area contributed by atoms with E-state index in [0.717, 1.165) is 18.9 Å². The van der Waals surface area contributed by atoms with Gasteiger partial charge in [0.1, 0.15) is 5.82 Å². The Balaban J connectivity index is 1.72. The van der Waals surface area contributed by atoms with E-state index in [1.165, 1.54) is 25.7 Å². The minimum atomic E-state index is 0.604. The normalized spacial score (nSPS) is 19.2. The van der Waals surface area contributed by atoms with Crippen LogP contribution in [0, 0.1) is 5.41 Å². The van der Waals surface area contributed by atoms with Gasteiger partial charge in [-0.1, -0.05) is 13.3 Å². The number of hydrogen-bond acceptors (Lipinski definition) is 2. The van der Waals surface area contributed by atoms with Crippen molar-refractivity contribution >= 4 is 0 Å². The maximum Gasteiger partial charge on any atom is 0.120 e.